The summed E-state index contributed by atoms with van der Waals surface area (Å²) >= 11 is -0.117. The van der Waals surface area contributed by atoms with E-state index < -0.39 is 16.9 Å². The van der Waals surface area contributed by atoms with Crippen molar-refractivity contribution < 1.29 is 23.1 Å². The first-order chi connectivity index (χ1) is 6.65. The number of hydrogen-bond acceptors (Lipinski definition) is 3. The molecule has 0 aromatic heterocycles. The molecule has 0 aliphatic carbocycles. The Balaban J connectivity index is 3.60. The van der Waals surface area contributed by atoms with Crippen LogP contribution in [0.3, 0.4) is 0 Å². The minimum Gasteiger partial charge on any atom is -0.481 e. The number of carboxylic acid groups (broad SMARTS) is 1. The van der Waals surface area contributed by atoms with Gasteiger partial charge in [-0.15, -0.1) is 0 Å². The number of carboxylic acids is 1. The van der Waals surface area contributed by atoms with Crippen LogP contribution in [0.1, 0.15) is 13.8 Å². The van der Waals surface area contributed by atoms with Crippen LogP contribution < -0.4 is 5.32 Å². The topological polar surface area (TPSA) is 49.3 Å². The van der Waals surface area contributed by atoms with Crippen molar-refractivity contribution in [3.63, 3.8) is 0 Å². The average molecular weight is 245 g/mol. The molecule has 7 heteroatoms. The number of rotatable bonds is 6. The summed E-state index contributed by atoms with van der Waals surface area (Å²) in [5.74, 6) is -1.09. The van der Waals surface area contributed by atoms with Gasteiger partial charge in [-0.25, -0.2) is 0 Å². The molecule has 0 aliphatic heterocycles. The van der Waals surface area contributed by atoms with Crippen LogP contribution in [-0.4, -0.2) is 35.4 Å². The monoisotopic (exact) mass is 245 g/mol. The Morgan fingerprint density at radius 1 is 1.40 bits per heavy atom. The van der Waals surface area contributed by atoms with Gasteiger partial charge in [-0.3, -0.25) is 4.79 Å². The van der Waals surface area contributed by atoms with E-state index in [1.165, 1.54) is 13.8 Å². The number of nitrogens with one attached hydrogen (secondary N) is 1. The Bertz CT molecular complexity index is 218. The molecule has 0 aliphatic rings. The van der Waals surface area contributed by atoms with Crippen LogP contribution in [0.2, 0.25) is 0 Å². The molecule has 0 bridgehead atoms. The Labute approximate surface area is 90.4 Å². The fourth-order valence-electron chi connectivity index (χ4n) is 0.715. The number of carbonyl (C=O) groups is 1. The van der Waals surface area contributed by atoms with Crippen molar-refractivity contribution in [3.05, 3.63) is 0 Å². The summed E-state index contributed by atoms with van der Waals surface area (Å²) in [7, 11) is 0. The fraction of sp³-hybridized carbons (Fsp3) is 0.875. The minimum atomic E-state index is -4.22. The molecule has 0 saturated heterocycles. The minimum absolute atomic E-state index is 0.112. The van der Waals surface area contributed by atoms with Gasteiger partial charge in [-0.05, 0) is 25.6 Å². The molecule has 0 heterocycles. The first-order valence-corrected chi connectivity index (χ1v) is 5.28. The number of alkyl halides is 3. The highest BCUT2D eigenvalue weighted by Crippen LogP contribution is 2.29. The molecular weight excluding hydrogens is 231 g/mol. The Hall–Kier alpha value is -0.430. The lowest BCUT2D eigenvalue weighted by atomic mass is 9.94. The standard InChI is InChI=1S/C8H14F3NO2S/c1-7(2,6(13)14)5-12-3-4-15-8(9,10)11/h12H,3-5H2,1-2H3,(H,13,14). The van der Waals surface area contributed by atoms with Crippen molar-refractivity contribution in [2.45, 2.75) is 19.4 Å². The van der Waals surface area contributed by atoms with Gasteiger partial charge < -0.3 is 10.4 Å². The lowest BCUT2D eigenvalue weighted by Crippen LogP contribution is -2.37. The highest BCUT2D eigenvalue weighted by Gasteiger charge is 2.28. The largest absolute Gasteiger partial charge is 0.481 e. The highest BCUT2D eigenvalue weighted by atomic mass is 32.2. The van der Waals surface area contributed by atoms with Gasteiger partial charge in [0.1, 0.15) is 0 Å². The van der Waals surface area contributed by atoms with Crippen LogP contribution in [-0.2, 0) is 4.79 Å². The molecule has 0 fully saturated rings. The second kappa shape index (κ2) is 5.60. The molecule has 0 aromatic rings. The van der Waals surface area contributed by atoms with Crippen LogP contribution >= 0.6 is 11.8 Å². The lowest BCUT2D eigenvalue weighted by Gasteiger charge is -2.19. The summed E-state index contributed by atoms with van der Waals surface area (Å²) in [6.45, 7) is 3.32. The summed E-state index contributed by atoms with van der Waals surface area (Å²) in [5.41, 5.74) is -5.17. The molecule has 15 heavy (non-hydrogen) atoms. The van der Waals surface area contributed by atoms with Crippen molar-refractivity contribution in [2.75, 3.05) is 18.8 Å². The lowest BCUT2D eigenvalue weighted by molar-refractivity contribution is -0.146. The Morgan fingerprint density at radius 2 is 1.93 bits per heavy atom. The molecule has 0 spiro atoms. The highest BCUT2D eigenvalue weighted by molar-refractivity contribution is 8.00. The van der Waals surface area contributed by atoms with Gasteiger partial charge >= 0.3 is 11.5 Å². The van der Waals surface area contributed by atoms with E-state index in [2.05, 4.69) is 5.32 Å². The maximum Gasteiger partial charge on any atom is 0.441 e. The molecule has 3 nitrogen and oxygen atoms in total. The second-order valence-corrected chi connectivity index (χ2v) is 4.82. The van der Waals surface area contributed by atoms with Gasteiger partial charge in [0.05, 0.1) is 5.41 Å². The van der Waals surface area contributed by atoms with Gasteiger partial charge in [0.25, 0.3) is 0 Å². The van der Waals surface area contributed by atoms with Gasteiger partial charge in [-0.2, -0.15) is 13.2 Å². The van der Waals surface area contributed by atoms with E-state index in [0.29, 0.717) is 0 Å². The van der Waals surface area contributed by atoms with Crippen LogP contribution in [0, 0.1) is 5.41 Å². The van der Waals surface area contributed by atoms with Crippen LogP contribution in [0.5, 0.6) is 0 Å². The van der Waals surface area contributed by atoms with Crippen molar-refractivity contribution in [1.82, 2.24) is 5.32 Å². The number of thioether (sulfide) groups is 1. The number of hydrogen-bond donors (Lipinski definition) is 2. The average Bonchev–Trinajstić information content (AvgIpc) is 2.00. The van der Waals surface area contributed by atoms with Crippen molar-refractivity contribution >= 4 is 17.7 Å². The van der Waals surface area contributed by atoms with E-state index in [9.17, 15) is 18.0 Å². The normalized spacial score (nSPS) is 12.9. The van der Waals surface area contributed by atoms with Crippen molar-refractivity contribution in [3.8, 4) is 0 Å². The maximum atomic E-state index is 11.7. The maximum absolute atomic E-state index is 11.7. The summed E-state index contributed by atoms with van der Waals surface area (Å²) in [6, 6.07) is 0. The zero-order valence-corrected chi connectivity index (χ0v) is 9.34. The molecule has 0 rings (SSSR count). The first kappa shape index (κ1) is 14.6. The summed E-state index contributed by atoms with van der Waals surface area (Å²) < 4.78 is 35.1. The summed E-state index contributed by atoms with van der Waals surface area (Å²) in [6.07, 6.45) is 0. The Morgan fingerprint density at radius 3 is 2.33 bits per heavy atom. The molecule has 0 aromatic carbocycles. The van der Waals surface area contributed by atoms with E-state index in [1.54, 1.807) is 0 Å². The van der Waals surface area contributed by atoms with Crippen molar-refractivity contribution in [1.29, 1.82) is 0 Å². The van der Waals surface area contributed by atoms with E-state index in [4.69, 9.17) is 5.11 Å². The summed E-state index contributed by atoms with van der Waals surface area (Å²) in [4.78, 5) is 10.6. The third-order valence-corrected chi connectivity index (χ3v) is 2.43. The molecule has 0 amide bonds. The third-order valence-electron chi connectivity index (χ3n) is 1.69. The van der Waals surface area contributed by atoms with Gasteiger partial charge in [0.2, 0.25) is 0 Å². The third kappa shape index (κ3) is 7.49. The van der Waals surface area contributed by atoms with E-state index >= 15 is 0 Å². The SMILES string of the molecule is CC(C)(CNCCSC(F)(F)F)C(=O)O. The molecule has 0 radical (unpaired) electrons. The number of halogens is 3. The predicted octanol–water partition coefficient (Wildman–Crippen LogP) is 1.94. The first-order valence-electron chi connectivity index (χ1n) is 4.30. The van der Waals surface area contributed by atoms with Gasteiger partial charge in [-0.1, -0.05) is 0 Å². The zero-order chi connectivity index (χ0) is 12.1. The number of aliphatic carboxylic acids is 1. The summed E-state index contributed by atoms with van der Waals surface area (Å²) in [5, 5.41) is 11.4. The zero-order valence-electron chi connectivity index (χ0n) is 8.52. The smallest absolute Gasteiger partial charge is 0.441 e. The second-order valence-electron chi connectivity index (χ2n) is 3.66. The van der Waals surface area contributed by atoms with Gasteiger partial charge in [0, 0.05) is 18.8 Å². The fourth-order valence-corrected chi connectivity index (χ4v) is 1.19. The molecular formula is C8H14F3NO2S. The molecule has 0 atom stereocenters. The quantitative estimate of drug-likeness (QED) is 0.702. The molecule has 90 valence electrons. The molecule has 0 saturated carbocycles. The van der Waals surface area contributed by atoms with Gasteiger partial charge in [0.15, 0.2) is 0 Å². The molecule has 0 unspecified atom stereocenters. The predicted molar refractivity (Wildman–Crippen MR) is 52.8 cm³/mol. The van der Waals surface area contributed by atoms with Crippen LogP contribution in [0.25, 0.3) is 0 Å². The van der Waals surface area contributed by atoms with E-state index in [0.717, 1.165) is 0 Å². The van der Waals surface area contributed by atoms with Crippen LogP contribution in [0.15, 0.2) is 0 Å². The van der Waals surface area contributed by atoms with E-state index in [-0.39, 0.29) is 30.6 Å². The Kier molecular flexibility index (Phi) is 5.44. The van der Waals surface area contributed by atoms with Crippen molar-refractivity contribution in [2.24, 2.45) is 5.41 Å². The molecule has 2 N–H and O–H groups in total. The van der Waals surface area contributed by atoms with E-state index in [1.807, 2.05) is 0 Å². The van der Waals surface area contributed by atoms with Crippen LogP contribution in [0.4, 0.5) is 13.2 Å².